The highest BCUT2D eigenvalue weighted by Crippen LogP contribution is 2.19. The summed E-state index contributed by atoms with van der Waals surface area (Å²) >= 11 is 0. The van der Waals surface area contributed by atoms with Crippen LogP contribution in [0.3, 0.4) is 0 Å². The van der Waals surface area contributed by atoms with Gasteiger partial charge in [-0.15, -0.1) is 0 Å². The Kier molecular flexibility index (Phi) is 31.6. The number of esters is 1. The van der Waals surface area contributed by atoms with Gasteiger partial charge in [0.2, 0.25) is 0 Å². The van der Waals surface area contributed by atoms with E-state index in [-0.39, 0.29) is 18.5 Å². The Hall–Kier alpha value is -1.06. The van der Waals surface area contributed by atoms with Crippen LogP contribution >= 0.6 is 0 Å². The van der Waals surface area contributed by atoms with Gasteiger partial charge in [0, 0.05) is 12.8 Å². The van der Waals surface area contributed by atoms with E-state index in [0.29, 0.717) is 6.42 Å². The smallest absolute Gasteiger partial charge is 0.306 e. The summed E-state index contributed by atoms with van der Waals surface area (Å²) in [5.74, 6) is -0.693. The van der Waals surface area contributed by atoms with Crippen molar-refractivity contribution >= 4 is 11.9 Å². The zero-order chi connectivity index (χ0) is 29.4. The first-order valence-electron chi connectivity index (χ1n) is 18.0. The standard InChI is InChI=1S/C36H70O4/c1-3-5-7-9-11-13-14-15-16-18-20-25-29-33-36(39)40-34(31-27-23-21-24-28-32-35(37)38)30-26-22-19-17-12-10-8-6-4-2/h34H,3-33H2,1-2H3,(H,37,38). The minimum Gasteiger partial charge on any atom is -0.481 e. The van der Waals surface area contributed by atoms with Crippen LogP contribution in [-0.4, -0.2) is 23.1 Å². The summed E-state index contributed by atoms with van der Waals surface area (Å²) in [6.07, 6.45) is 36.8. The van der Waals surface area contributed by atoms with Crippen molar-refractivity contribution in [2.24, 2.45) is 0 Å². The van der Waals surface area contributed by atoms with Crippen LogP contribution in [0.2, 0.25) is 0 Å². The first-order chi connectivity index (χ1) is 19.6. The Morgan fingerprint density at radius 1 is 0.450 bits per heavy atom. The van der Waals surface area contributed by atoms with Crippen LogP contribution < -0.4 is 0 Å². The summed E-state index contributed by atoms with van der Waals surface area (Å²) in [6.45, 7) is 4.54. The Bertz CT molecular complexity index is 533. The molecule has 1 N–H and O–H groups in total. The van der Waals surface area contributed by atoms with Gasteiger partial charge in [-0.3, -0.25) is 9.59 Å². The molecule has 1 unspecified atom stereocenters. The lowest BCUT2D eigenvalue weighted by Gasteiger charge is -2.18. The molecule has 238 valence electrons. The summed E-state index contributed by atoms with van der Waals surface area (Å²) in [4.78, 5) is 23.2. The Morgan fingerprint density at radius 3 is 1.10 bits per heavy atom. The van der Waals surface area contributed by atoms with Gasteiger partial charge in [-0.25, -0.2) is 0 Å². The zero-order valence-corrected chi connectivity index (χ0v) is 27.2. The third-order valence-corrected chi connectivity index (χ3v) is 8.33. The van der Waals surface area contributed by atoms with Gasteiger partial charge < -0.3 is 9.84 Å². The van der Waals surface area contributed by atoms with E-state index in [4.69, 9.17) is 9.84 Å². The lowest BCUT2D eigenvalue weighted by atomic mass is 10.0. The first-order valence-corrected chi connectivity index (χ1v) is 18.0. The molecular formula is C36H70O4. The van der Waals surface area contributed by atoms with Crippen LogP contribution in [0.4, 0.5) is 0 Å². The average Bonchev–Trinajstić information content (AvgIpc) is 2.93. The van der Waals surface area contributed by atoms with Crippen LogP contribution in [0.25, 0.3) is 0 Å². The predicted molar refractivity (Wildman–Crippen MR) is 172 cm³/mol. The van der Waals surface area contributed by atoms with Crippen LogP contribution in [0, 0.1) is 0 Å². The van der Waals surface area contributed by atoms with Gasteiger partial charge in [0.15, 0.2) is 0 Å². The van der Waals surface area contributed by atoms with Crippen molar-refractivity contribution in [3.8, 4) is 0 Å². The second-order valence-corrected chi connectivity index (χ2v) is 12.4. The number of carbonyl (C=O) groups excluding carboxylic acids is 1. The van der Waals surface area contributed by atoms with E-state index in [0.717, 1.165) is 64.2 Å². The highest BCUT2D eigenvalue weighted by atomic mass is 16.5. The topological polar surface area (TPSA) is 63.6 Å². The predicted octanol–water partition coefficient (Wildman–Crippen LogP) is 12.1. The van der Waals surface area contributed by atoms with Crippen molar-refractivity contribution in [2.45, 2.75) is 219 Å². The molecule has 0 fully saturated rings. The van der Waals surface area contributed by atoms with Crippen molar-refractivity contribution in [1.29, 1.82) is 0 Å². The van der Waals surface area contributed by atoms with Gasteiger partial charge in [-0.05, 0) is 38.5 Å². The Balaban J connectivity index is 3.98. The van der Waals surface area contributed by atoms with Crippen LogP contribution in [0.15, 0.2) is 0 Å². The van der Waals surface area contributed by atoms with E-state index in [9.17, 15) is 9.59 Å². The third-order valence-electron chi connectivity index (χ3n) is 8.33. The molecule has 0 amide bonds. The van der Waals surface area contributed by atoms with Crippen molar-refractivity contribution in [1.82, 2.24) is 0 Å². The molecule has 0 aliphatic carbocycles. The van der Waals surface area contributed by atoms with Crippen molar-refractivity contribution in [2.75, 3.05) is 0 Å². The largest absolute Gasteiger partial charge is 0.481 e. The van der Waals surface area contributed by atoms with E-state index in [1.54, 1.807) is 0 Å². The number of rotatable bonds is 33. The molecule has 0 saturated heterocycles. The average molecular weight is 567 g/mol. The van der Waals surface area contributed by atoms with Gasteiger partial charge in [0.1, 0.15) is 6.10 Å². The van der Waals surface area contributed by atoms with Crippen molar-refractivity contribution in [3.63, 3.8) is 0 Å². The molecule has 0 spiro atoms. The molecule has 40 heavy (non-hydrogen) atoms. The van der Waals surface area contributed by atoms with Gasteiger partial charge in [0.25, 0.3) is 0 Å². The molecule has 0 aromatic rings. The van der Waals surface area contributed by atoms with E-state index in [2.05, 4.69) is 13.8 Å². The molecule has 0 aliphatic heterocycles. The maximum atomic E-state index is 12.6. The monoisotopic (exact) mass is 567 g/mol. The van der Waals surface area contributed by atoms with Gasteiger partial charge in [-0.1, -0.05) is 162 Å². The number of ether oxygens (including phenoxy) is 1. The SMILES string of the molecule is CCCCCCCCCCCCCCCC(=O)OC(CCCCCCCCCCC)CCCCCCCC(=O)O. The second-order valence-electron chi connectivity index (χ2n) is 12.4. The van der Waals surface area contributed by atoms with Crippen LogP contribution in [0.5, 0.6) is 0 Å². The van der Waals surface area contributed by atoms with Crippen molar-refractivity contribution < 1.29 is 19.4 Å². The molecule has 0 aliphatic rings. The van der Waals surface area contributed by atoms with Crippen molar-refractivity contribution in [3.05, 3.63) is 0 Å². The number of hydrogen-bond acceptors (Lipinski definition) is 3. The molecule has 0 saturated carbocycles. The second kappa shape index (κ2) is 32.5. The number of aliphatic carboxylic acids is 1. The fourth-order valence-corrected chi connectivity index (χ4v) is 5.66. The fourth-order valence-electron chi connectivity index (χ4n) is 5.66. The number of carboxylic acid groups (broad SMARTS) is 1. The fraction of sp³-hybridized carbons (Fsp3) is 0.944. The summed E-state index contributed by atoms with van der Waals surface area (Å²) in [6, 6.07) is 0. The van der Waals surface area contributed by atoms with E-state index in [1.165, 1.54) is 122 Å². The molecule has 0 heterocycles. The number of unbranched alkanes of at least 4 members (excludes halogenated alkanes) is 24. The first kappa shape index (κ1) is 38.9. The summed E-state index contributed by atoms with van der Waals surface area (Å²) in [5, 5.41) is 8.78. The molecule has 0 rings (SSSR count). The van der Waals surface area contributed by atoms with Gasteiger partial charge in [-0.2, -0.15) is 0 Å². The third kappa shape index (κ3) is 31.5. The molecule has 0 bridgehead atoms. The van der Waals surface area contributed by atoms with E-state index in [1.807, 2.05) is 0 Å². The summed E-state index contributed by atoms with van der Waals surface area (Å²) in [7, 11) is 0. The van der Waals surface area contributed by atoms with E-state index >= 15 is 0 Å². The lowest BCUT2D eigenvalue weighted by Crippen LogP contribution is -2.18. The Labute approximate surface area is 250 Å². The highest BCUT2D eigenvalue weighted by molar-refractivity contribution is 5.69. The summed E-state index contributed by atoms with van der Waals surface area (Å²) < 4.78 is 5.97. The normalized spacial score (nSPS) is 12.1. The molecular weight excluding hydrogens is 496 g/mol. The minimum atomic E-state index is -0.698. The molecule has 1 atom stereocenters. The van der Waals surface area contributed by atoms with Crippen LogP contribution in [-0.2, 0) is 14.3 Å². The summed E-state index contributed by atoms with van der Waals surface area (Å²) in [5.41, 5.74) is 0. The number of carboxylic acids is 1. The number of hydrogen-bond donors (Lipinski definition) is 1. The van der Waals surface area contributed by atoms with Gasteiger partial charge in [0.05, 0.1) is 0 Å². The lowest BCUT2D eigenvalue weighted by molar-refractivity contribution is -0.150. The maximum absolute atomic E-state index is 12.6. The molecule has 4 heteroatoms. The molecule has 0 aromatic carbocycles. The quantitative estimate of drug-likeness (QED) is 0.0633. The maximum Gasteiger partial charge on any atom is 0.306 e. The van der Waals surface area contributed by atoms with Gasteiger partial charge >= 0.3 is 11.9 Å². The van der Waals surface area contributed by atoms with Crippen LogP contribution in [0.1, 0.15) is 213 Å². The minimum absolute atomic E-state index is 0.00505. The Morgan fingerprint density at radius 2 is 0.750 bits per heavy atom. The van der Waals surface area contributed by atoms with E-state index < -0.39 is 5.97 Å². The molecule has 4 nitrogen and oxygen atoms in total. The highest BCUT2D eigenvalue weighted by Gasteiger charge is 2.14. The molecule has 0 aromatic heterocycles. The number of carbonyl (C=O) groups is 2. The zero-order valence-electron chi connectivity index (χ0n) is 27.2. The molecule has 0 radical (unpaired) electrons.